The molecule has 2 unspecified atom stereocenters. The van der Waals surface area contributed by atoms with E-state index in [4.69, 9.17) is 4.74 Å². The van der Waals surface area contributed by atoms with Crippen molar-refractivity contribution in [2.75, 3.05) is 6.61 Å². The van der Waals surface area contributed by atoms with Crippen molar-refractivity contribution in [3.63, 3.8) is 0 Å². The molecule has 0 aliphatic heterocycles. The van der Waals surface area contributed by atoms with Gasteiger partial charge in [-0.1, -0.05) is 19.8 Å². The van der Waals surface area contributed by atoms with Crippen LogP contribution in [-0.4, -0.2) is 25.2 Å². The molecule has 0 aromatic rings. The van der Waals surface area contributed by atoms with Crippen LogP contribution in [0.5, 0.6) is 0 Å². The highest BCUT2D eigenvalue weighted by Crippen LogP contribution is 2.21. The van der Waals surface area contributed by atoms with Crippen molar-refractivity contribution in [3.8, 4) is 0 Å². The number of carbonyl (C=O) groups excluding carboxylic acids is 1. The lowest BCUT2D eigenvalue weighted by molar-refractivity contribution is -0.110. The van der Waals surface area contributed by atoms with E-state index >= 15 is 0 Å². The molecule has 1 N–H and O–H groups in total. The topological polar surface area (TPSA) is 38.3 Å². The molecule has 82 valence electrons. The lowest BCUT2D eigenvalue weighted by atomic mass is 10.2. The molecular formula is C11H21NO2. The van der Waals surface area contributed by atoms with E-state index in [1.165, 1.54) is 19.3 Å². The van der Waals surface area contributed by atoms with Gasteiger partial charge in [0.15, 0.2) is 0 Å². The normalized spacial score (nSPS) is 26.4. The highest BCUT2D eigenvalue weighted by atomic mass is 16.5. The minimum atomic E-state index is 0.351. The maximum atomic E-state index is 10.2. The summed E-state index contributed by atoms with van der Waals surface area (Å²) < 4.78 is 5.73. The molecule has 0 heterocycles. The molecule has 0 aromatic carbocycles. The Morgan fingerprint density at radius 3 is 3.00 bits per heavy atom. The third-order valence-electron chi connectivity index (χ3n) is 2.79. The Labute approximate surface area is 86.2 Å². The number of rotatable bonds is 7. The van der Waals surface area contributed by atoms with Crippen LogP contribution in [0.3, 0.4) is 0 Å². The first-order valence-corrected chi connectivity index (χ1v) is 5.68. The summed E-state index contributed by atoms with van der Waals surface area (Å²) in [6.45, 7) is 3.08. The summed E-state index contributed by atoms with van der Waals surface area (Å²) >= 11 is 0. The van der Waals surface area contributed by atoms with Gasteiger partial charge in [0.2, 0.25) is 6.41 Å². The number of hydrogen-bond acceptors (Lipinski definition) is 2. The fraction of sp³-hybridized carbons (Fsp3) is 0.909. The first-order valence-electron chi connectivity index (χ1n) is 5.68. The number of hydrogen-bond donors (Lipinski definition) is 1. The van der Waals surface area contributed by atoms with Crippen LogP contribution >= 0.6 is 0 Å². The highest BCUT2D eigenvalue weighted by molar-refractivity contribution is 5.46. The number of carbonyl (C=O) groups is 1. The summed E-state index contributed by atoms with van der Waals surface area (Å²) in [6.07, 6.45) is 7.98. The predicted octanol–water partition coefficient (Wildman–Crippen LogP) is 1.86. The molecule has 0 bridgehead atoms. The van der Waals surface area contributed by atoms with Crippen LogP contribution in [0.4, 0.5) is 0 Å². The van der Waals surface area contributed by atoms with Gasteiger partial charge in [-0.05, 0) is 25.7 Å². The van der Waals surface area contributed by atoms with Gasteiger partial charge in [-0.3, -0.25) is 4.79 Å². The van der Waals surface area contributed by atoms with Crippen molar-refractivity contribution in [1.29, 1.82) is 0 Å². The molecule has 1 rings (SSSR count). The molecule has 0 radical (unpaired) electrons. The van der Waals surface area contributed by atoms with Gasteiger partial charge in [0, 0.05) is 12.6 Å². The first-order chi connectivity index (χ1) is 6.86. The Kier molecular flexibility index (Phi) is 5.60. The van der Waals surface area contributed by atoms with Gasteiger partial charge in [-0.2, -0.15) is 0 Å². The second-order valence-corrected chi connectivity index (χ2v) is 3.99. The third kappa shape index (κ3) is 4.09. The van der Waals surface area contributed by atoms with Crippen LogP contribution in [-0.2, 0) is 9.53 Å². The van der Waals surface area contributed by atoms with Gasteiger partial charge in [0.25, 0.3) is 0 Å². The molecule has 3 nitrogen and oxygen atoms in total. The number of ether oxygens (including phenoxy) is 1. The zero-order valence-corrected chi connectivity index (χ0v) is 9.00. The molecule has 1 fully saturated rings. The summed E-state index contributed by atoms with van der Waals surface area (Å²) in [5, 5.41) is 2.82. The van der Waals surface area contributed by atoms with Crippen LogP contribution in [0.15, 0.2) is 0 Å². The largest absolute Gasteiger partial charge is 0.378 e. The second kappa shape index (κ2) is 6.82. The number of nitrogens with one attached hydrogen (secondary N) is 1. The standard InChI is InChI=1S/C11H21NO2/c1-2-3-4-7-14-11-6-5-10(8-11)12-9-13/h9-11H,2-8H2,1H3,(H,12,13). The Balaban J connectivity index is 2.01. The van der Waals surface area contributed by atoms with Crippen molar-refractivity contribution in [2.24, 2.45) is 0 Å². The predicted molar refractivity (Wildman–Crippen MR) is 56.1 cm³/mol. The highest BCUT2D eigenvalue weighted by Gasteiger charge is 2.24. The Hall–Kier alpha value is -0.570. The quantitative estimate of drug-likeness (QED) is 0.502. The van der Waals surface area contributed by atoms with Gasteiger partial charge in [-0.25, -0.2) is 0 Å². The molecule has 3 heteroatoms. The molecule has 1 saturated carbocycles. The molecule has 1 aliphatic rings. The lowest BCUT2D eigenvalue weighted by Crippen LogP contribution is -2.25. The maximum absolute atomic E-state index is 10.2. The zero-order chi connectivity index (χ0) is 10.2. The van der Waals surface area contributed by atoms with E-state index in [0.29, 0.717) is 12.1 Å². The van der Waals surface area contributed by atoms with E-state index < -0.39 is 0 Å². The van der Waals surface area contributed by atoms with Crippen molar-refractivity contribution in [1.82, 2.24) is 5.32 Å². The monoisotopic (exact) mass is 199 g/mol. The average Bonchev–Trinajstić information content (AvgIpc) is 2.61. The summed E-state index contributed by atoms with van der Waals surface area (Å²) in [6, 6.07) is 0.351. The summed E-state index contributed by atoms with van der Waals surface area (Å²) in [5.41, 5.74) is 0. The number of unbranched alkanes of at least 4 members (excludes halogenated alkanes) is 2. The summed E-state index contributed by atoms with van der Waals surface area (Å²) in [4.78, 5) is 10.2. The minimum absolute atomic E-state index is 0.351. The van der Waals surface area contributed by atoms with E-state index in [-0.39, 0.29) is 0 Å². The molecule has 0 spiro atoms. The summed E-state index contributed by atoms with van der Waals surface area (Å²) in [5.74, 6) is 0. The zero-order valence-electron chi connectivity index (χ0n) is 9.00. The van der Waals surface area contributed by atoms with Crippen LogP contribution < -0.4 is 5.32 Å². The van der Waals surface area contributed by atoms with Gasteiger partial charge in [-0.15, -0.1) is 0 Å². The third-order valence-corrected chi connectivity index (χ3v) is 2.79. The summed E-state index contributed by atoms with van der Waals surface area (Å²) in [7, 11) is 0. The van der Waals surface area contributed by atoms with Crippen LogP contribution in [0, 0.1) is 0 Å². The molecular weight excluding hydrogens is 178 g/mol. The van der Waals surface area contributed by atoms with E-state index in [0.717, 1.165) is 32.3 Å². The second-order valence-electron chi connectivity index (χ2n) is 3.99. The van der Waals surface area contributed by atoms with Crippen molar-refractivity contribution >= 4 is 6.41 Å². The van der Waals surface area contributed by atoms with Crippen molar-refractivity contribution < 1.29 is 9.53 Å². The van der Waals surface area contributed by atoms with Crippen molar-refractivity contribution in [2.45, 2.75) is 57.6 Å². The first kappa shape index (κ1) is 11.5. The molecule has 2 atom stereocenters. The number of amides is 1. The van der Waals surface area contributed by atoms with Crippen molar-refractivity contribution in [3.05, 3.63) is 0 Å². The average molecular weight is 199 g/mol. The Bertz CT molecular complexity index is 161. The maximum Gasteiger partial charge on any atom is 0.207 e. The van der Waals surface area contributed by atoms with Gasteiger partial charge < -0.3 is 10.1 Å². The fourth-order valence-electron chi connectivity index (χ4n) is 1.94. The molecule has 1 amide bonds. The smallest absolute Gasteiger partial charge is 0.207 e. The van der Waals surface area contributed by atoms with Gasteiger partial charge in [0.1, 0.15) is 0 Å². The Morgan fingerprint density at radius 2 is 2.29 bits per heavy atom. The van der Waals surface area contributed by atoms with Crippen LogP contribution in [0.1, 0.15) is 45.4 Å². The molecule has 0 saturated heterocycles. The minimum Gasteiger partial charge on any atom is -0.378 e. The van der Waals surface area contributed by atoms with Crippen LogP contribution in [0.25, 0.3) is 0 Å². The Morgan fingerprint density at radius 1 is 1.43 bits per heavy atom. The lowest BCUT2D eigenvalue weighted by Gasteiger charge is -2.11. The van der Waals surface area contributed by atoms with Gasteiger partial charge in [0.05, 0.1) is 6.10 Å². The van der Waals surface area contributed by atoms with E-state index in [2.05, 4.69) is 12.2 Å². The van der Waals surface area contributed by atoms with Crippen LogP contribution in [0.2, 0.25) is 0 Å². The van der Waals surface area contributed by atoms with Gasteiger partial charge >= 0.3 is 0 Å². The molecule has 14 heavy (non-hydrogen) atoms. The SMILES string of the molecule is CCCCCOC1CCC(NC=O)C1. The fourth-order valence-corrected chi connectivity index (χ4v) is 1.94. The van der Waals surface area contributed by atoms with E-state index in [9.17, 15) is 4.79 Å². The molecule has 1 aliphatic carbocycles. The molecule has 0 aromatic heterocycles. The van der Waals surface area contributed by atoms with E-state index in [1.807, 2.05) is 0 Å². The van der Waals surface area contributed by atoms with E-state index in [1.54, 1.807) is 0 Å².